The fourth-order valence-electron chi connectivity index (χ4n) is 3.18. The molecule has 0 bridgehead atoms. The standard InChI is InChI=1S/C18H22FN3O2/c1-2-15-5-3-4-12-22(15)17(23)11-10-16-20-18(21-24-16)13-6-8-14(19)9-7-13/h6-9,15H,2-5,10-12H2,1H3. The lowest BCUT2D eigenvalue weighted by Crippen LogP contribution is -2.43. The molecule has 1 unspecified atom stereocenters. The summed E-state index contributed by atoms with van der Waals surface area (Å²) in [4.78, 5) is 18.7. The number of piperidine rings is 1. The van der Waals surface area contributed by atoms with Crippen molar-refractivity contribution in [1.29, 1.82) is 0 Å². The molecule has 1 aliphatic rings. The van der Waals surface area contributed by atoms with Gasteiger partial charge in [0, 0.05) is 31.0 Å². The van der Waals surface area contributed by atoms with Crippen LogP contribution in [0.25, 0.3) is 11.4 Å². The molecule has 5 nitrogen and oxygen atoms in total. The van der Waals surface area contributed by atoms with Crippen LogP contribution in [-0.4, -0.2) is 33.5 Å². The van der Waals surface area contributed by atoms with Crippen LogP contribution in [0.15, 0.2) is 28.8 Å². The van der Waals surface area contributed by atoms with Crippen molar-refractivity contribution in [2.75, 3.05) is 6.54 Å². The molecule has 1 fully saturated rings. The molecule has 24 heavy (non-hydrogen) atoms. The quantitative estimate of drug-likeness (QED) is 0.840. The number of likely N-dealkylation sites (tertiary alicyclic amines) is 1. The van der Waals surface area contributed by atoms with Crippen LogP contribution in [0.1, 0.15) is 44.9 Å². The van der Waals surface area contributed by atoms with E-state index in [-0.39, 0.29) is 11.7 Å². The molecule has 0 N–H and O–H groups in total. The van der Waals surface area contributed by atoms with Crippen LogP contribution in [0.3, 0.4) is 0 Å². The summed E-state index contributed by atoms with van der Waals surface area (Å²) in [6.07, 6.45) is 5.19. The number of rotatable bonds is 5. The van der Waals surface area contributed by atoms with Gasteiger partial charge in [0.05, 0.1) is 0 Å². The lowest BCUT2D eigenvalue weighted by Gasteiger charge is -2.35. The van der Waals surface area contributed by atoms with Crippen molar-refractivity contribution < 1.29 is 13.7 Å². The van der Waals surface area contributed by atoms with Crippen molar-refractivity contribution >= 4 is 5.91 Å². The van der Waals surface area contributed by atoms with Gasteiger partial charge in [0.25, 0.3) is 0 Å². The summed E-state index contributed by atoms with van der Waals surface area (Å²) in [6.45, 7) is 2.98. The molecule has 1 amide bonds. The van der Waals surface area contributed by atoms with Crippen molar-refractivity contribution in [3.8, 4) is 11.4 Å². The smallest absolute Gasteiger partial charge is 0.227 e. The van der Waals surface area contributed by atoms with E-state index in [2.05, 4.69) is 17.1 Å². The number of hydrogen-bond donors (Lipinski definition) is 0. The molecule has 128 valence electrons. The van der Waals surface area contributed by atoms with Crippen LogP contribution < -0.4 is 0 Å². The summed E-state index contributed by atoms with van der Waals surface area (Å²) in [5.74, 6) is 0.706. The van der Waals surface area contributed by atoms with Gasteiger partial charge in [-0.2, -0.15) is 4.98 Å². The van der Waals surface area contributed by atoms with Crippen molar-refractivity contribution in [1.82, 2.24) is 15.0 Å². The predicted molar refractivity (Wildman–Crippen MR) is 87.7 cm³/mol. The number of amides is 1. The first kappa shape index (κ1) is 16.6. The van der Waals surface area contributed by atoms with Gasteiger partial charge in [-0.05, 0) is 49.9 Å². The highest BCUT2D eigenvalue weighted by Gasteiger charge is 2.25. The van der Waals surface area contributed by atoms with E-state index >= 15 is 0 Å². The second-order valence-electron chi connectivity index (χ2n) is 6.16. The number of nitrogens with zero attached hydrogens (tertiary/aromatic N) is 3. The van der Waals surface area contributed by atoms with E-state index in [1.807, 2.05) is 4.90 Å². The second kappa shape index (κ2) is 7.55. The Kier molecular flexibility index (Phi) is 5.23. The highest BCUT2D eigenvalue weighted by molar-refractivity contribution is 5.76. The SMILES string of the molecule is CCC1CCCCN1C(=O)CCc1nc(-c2ccc(F)cc2)no1. The average molecular weight is 331 g/mol. The van der Waals surface area contributed by atoms with E-state index in [9.17, 15) is 9.18 Å². The van der Waals surface area contributed by atoms with Gasteiger partial charge in [-0.25, -0.2) is 4.39 Å². The first-order valence-electron chi connectivity index (χ1n) is 8.55. The number of halogens is 1. The molecule has 0 spiro atoms. The molecule has 1 aromatic carbocycles. The fraction of sp³-hybridized carbons (Fsp3) is 0.500. The average Bonchev–Trinajstić information content (AvgIpc) is 3.09. The third-order valence-electron chi connectivity index (χ3n) is 4.54. The highest BCUT2D eigenvalue weighted by atomic mass is 19.1. The molecule has 1 aliphatic heterocycles. The summed E-state index contributed by atoms with van der Waals surface area (Å²) in [7, 11) is 0. The maximum atomic E-state index is 12.9. The minimum Gasteiger partial charge on any atom is -0.340 e. The molecule has 2 aromatic rings. The minimum atomic E-state index is -0.305. The Morgan fingerprint density at radius 1 is 1.33 bits per heavy atom. The molecule has 1 atom stereocenters. The van der Waals surface area contributed by atoms with Gasteiger partial charge in [-0.3, -0.25) is 4.79 Å². The lowest BCUT2D eigenvalue weighted by atomic mass is 9.99. The summed E-state index contributed by atoms with van der Waals surface area (Å²) < 4.78 is 18.2. The van der Waals surface area contributed by atoms with E-state index in [0.29, 0.717) is 36.2 Å². The van der Waals surface area contributed by atoms with E-state index in [1.54, 1.807) is 12.1 Å². The lowest BCUT2D eigenvalue weighted by molar-refractivity contribution is -0.135. The highest BCUT2D eigenvalue weighted by Crippen LogP contribution is 2.21. The zero-order chi connectivity index (χ0) is 16.9. The molecule has 2 heterocycles. The Balaban J connectivity index is 1.59. The fourth-order valence-corrected chi connectivity index (χ4v) is 3.18. The Hall–Kier alpha value is -2.24. The van der Waals surface area contributed by atoms with E-state index in [4.69, 9.17) is 4.52 Å². The second-order valence-corrected chi connectivity index (χ2v) is 6.16. The van der Waals surface area contributed by atoms with Crippen LogP contribution >= 0.6 is 0 Å². The van der Waals surface area contributed by atoms with Gasteiger partial charge in [0.1, 0.15) is 5.82 Å². The first-order valence-corrected chi connectivity index (χ1v) is 8.55. The monoisotopic (exact) mass is 331 g/mol. The van der Waals surface area contributed by atoms with Crippen LogP contribution in [0, 0.1) is 5.82 Å². The Morgan fingerprint density at radius 2 is 2.12 bits per heavy atom. The van der Waals surface area contributed by atoms with Crippen LogP contribution in [-0.2, 0) is 11.2 Å². The van der Waals surface area contributed by atoms with Gasteiger partial charge in [-0.15, -0.1) is 0 Å². The number of hydrogen-bond acceptors (Lipinski definition) is 4. The van der Waals surface area contributed by atoms with Gasteiger partial charge in [0.15, 0.2) is 0 Å². The van der Waals surface area contributed by atoms with Crippen molar-refractivity contribution in [2.24, 2.45) is 0 Å². The molecule has 6 heteroatoms. The van der Waals surface area contributed by atoms with Crippen LogP contribution in [0.2, 0.25) is 0 Å². The van der Waals surface area contributed by atoms with Gasteiger partial charge < -0.3 is 9.42 Å². The minimum absolute atomic E-state index is 0.156. The maximum absolute atomic E-state index is 12.9. The molecule has 3 rings (SSSR count). The maximum Gasteiger partial charge on any atom is 0.227 e. The number of carbonyl (C=O) groups excluding carboxylic acids is 1. The largest absolute Gasteiger partial charge is 0.340 e. The Bertz CT molecular complexity index is 684. The third kappa shape index (κ3) is 3.80. The van der Waals surface area contributed by atoms with E-state index in [1.165, 1.54) is 18.6 Å². The number of benzene rings is 1. The normalized spacial score (nSPS) is 17.9. The van der Waals surface area contributed by atoms with Gasteiger partial charge in [-0.1, -0.05) is 12.1 Å². The number of aromatic nitrogens is 2. The molecule has 1 saturated heterocycles. The van der Waals surface area contributed by atoms with Crippen LogP contribution in [0.5, 0.6) is 0 Å². The summed E-state index contributed by atoms with van der Waals surface area (Å²) >= 11 is 0. The van der Waals surface area contributed by atoms with E-state index in [0.717, 1.165) is 25.8 Å². The molecule has 0 radical (unpaired) electrons. The first-order chi connectivity index (χ1) is 11.7. The molecule has 0 aliphatic carbocycles. The Morgan fingerprint density at radius 3 is 2.88 bits per heavy atom. The van der Waals surface area contributed by atoms with Crippen molar-refractivity contribution in [3.63, 3.8) is 0 Å². The molecular formula is C18H22FN3O2. The van der Waals surface area contributed by atoms with Crippen molar-refractivity contribution in [3.05, 3.63) is 36.0 Å². The summed E-state index contributed by atoms with van der Waals surface area (Å²) in [5.41, 5.74) is 0.694. The van der Waals surface area contributed by atoms with Gasteiger partial charge in [0.2, 0.25) is 17.6 Å². The third-order valence-corrected chi connectivity index (χ3v) is 4.54. The summed E-state index contributed by atoms with van der Waals surface area (Å²) in [6, 6.07) is 6.29. The van der Waals surface area contributed by atoms with Crippen LogP contribution in [0.4, 0.5) is 4.39 Å². The van der Waals surface area contributed by atoms with E-state index < -0.39 is 0 Å². The number of carbonyl (C=O) groups is 1. The summed E-state index contributed by atoms with van der Waals surface area (Å²) in [5, 5.41) is 3.90. The number of aryl methyl sites for hydroxylation is 1. The topological polar surface area (TPSA) is 59.2 Å². The zero-order valence-electron chi connectivity index (χ0n) is 13.9. The van der Waals surface area contributed by atoms with Crippen molar-refractivity contribution in [2.45, 2.75) is 51.5 Å². The zero-order valence-corrected chi connectivity index (χ0v) is 13.9. The predicted octanol–water partition coefficient (Wildman–Crippen LogP) is 3.60. The molecule has 1 aromatic heterocycles. The van der Waals surface area contributed by atoms with Gasteiger partial charge >= 0.3 is 0 Å². The molecular weight excluding hydrogens is 309 g/mol. The Labute approximate surface area is 140 Å². The molecule has 0 saturated carbocycles.